The molecule has 0 atom stereocenters. The maximum Gasteiger partial charge on any atom is 0.220 e. The summed E-state index contributed by atoms with van der Waals surface area (Å²) < 4.78 is 13.5. The van der Waals surface area contributed by atoms with E-state index in [0.29, 0.717) is 37.8 Å². The minimum atomic E-state index is -0.208. The highest BCUT2D eigenvalue weighted by Gasteiger charge is 2.07. The van der Waals surface area contributed by atoms with Crippen LogP contribution in [0, 0.1) is 5.82 Å². The summed E-state index contributed by atoms with van der Waals surface area (Å²) in [5.74, 6) is -0.221. The zero-order valence-corrected chi connectivity index (χ0v) is 15.1. The summed E-state index contributed by atoms with van der Waals surface area (Å²) >= 11 is 1.55. The molecular weight excluding hydrogens is 349 g/mol. The average molecular weight is 369 g/mol. The zero-order valence-electron chi connectivity index (χ0n) is 14.3. The Morgan fingerprint density at radius 1 is 1.12 bits per heavy atom. The number of halogens is 1. The van der Waals surface area contributed by atoms with Crippen molar-refractivity contribution in [1.29, 1.82) is 0 Å². The van der Waals surface area contributed by atoms with Crippen molar-refractivity contribution in [2.75, 3.05) is 6.54 Å². The van der Waals surface area contributed by atoms with E-state index in [9.17, 15) is 9.18 Å². The lowest BCUT2D eigenvalue weighted by Gasteiger charge is -2.05. The van der Waals surface area contributed by atoms with Gasteiger partial charge in [-0.15, -0.1) is 11.3 Å². The fourth-order valence-electron chi connectivity index (χ4n) is 2.59. The molecule has 3 rings (SSSR count). The van der Waals surface area contributed by atoms with E-state index >= 15 is 0 Å². The van der Waals surface area contributed by atoms with Crippen LogP contribution in [0.3, 0.4) is 0 Å². The fourth-order valence-corrected chi connectivity index (χ4v) is 3.42. The van der Waals surface area contributed by atoms with Gasteiger partial charge in [0.25, 0.3) is 0 Å². The lowest BCUT2D eigenvalue weighted by molar-refractivity contribution is -0.121. The van der Waals surface area contributed by atoms with Crippen molar-refractivity contribution in [1.82, 2.24) is 15.3 Å². The molecule has 6 heteroatoms. The number of aromatic nitrogens is 2. The van der Waals surface area contributed by atoms with Crippen molar-refractivity contribution in [2.24, 2.45) is 0 Å². The van der Waals surface area contributed by atoms with Gasteiger partial charge in [-0.25, -0.2) is 9.37 Å². The first-order valence-electron chi connectivity index (χ1n) is 8.58. The van der Waals surface area contributed by atoms with Gasteiger partial charge in [-0.1, -0.05) is 24.3 Å². The summed E-state index contributed by atoms with van der Waals surface area (Å²) in [6, 6.07) is 12.4. The van der Waals surface area contributed by atoms with Gasteiger partial charge >= 0.3 is 0 Å². The number of hydrogen-bond acceptors (Lipinski definition) is 4. The number of pyridine rings is 1. The third-order valence-corrected chi connectivity index (χ3v) is 4.86. The maximum absolute atomic E-state index is 13.5. The minimum absolute atomic E-state index is 0.0125. The van der Waals surface area contributed by atoms with E-state index in [0.717, 1.165) is 16.4 Å². The number of carbonyl (C=O) groups excluding carboxylic acids is 1. The molecule has 0 spiro atoms. The van der Waals surface area contributed by atoms with Crippen LogP contribution in [0.4, 0.5) is 4.39 Å². The van der Waals surface area contributed by atoms with Crippen LogP contribution in [-0.4, -0.2) is 22.4 Å². The van der Waals surface area contributed by atoms with Crippen LogP contribution in [-0.2, 0) is 17.6 Å². The lowest BCUT2D eigenvalue weighted by atomic mass is 10.1. The summed E-state index contributed by atoms with van der Waals surface area (Å²) in [4.78, 5) is 20.7. The highest BCUT2D eigenvalue weighted by atomic mass is 32.1. The number of thiazole rings is 1. The Bertz CT molecular complexity index is 851. The number of hydrogen-bond donors (Lipinski definition) is 1. The van der Waals surface area contributed by atoms with E-state index in [4.69, 9.17) is 0 Å². The Morgan fingerprint density at radius 3 is 2.77 bits per heavy atom. The van der Waals surface area contributed by atoms with E-state index in [1.165, 1.54) is 6.07 Å². The molecule has 0 radical (unpaired) electrons. The molecule has 0 unspecified atom stereocenters. The molecular formula is C20H20FN3OS. The molecule has 0 saturated heterocycles. The van der Waals surface area contributed by atoms with Crippen molar-refractivity contribution in [3.05, 3.63) is 71.1 Å². The second-order valence-corrected chi connectivity index (χ2v) is 6.76. The summed E-state index contributed by atoms with van der Waals surface area (Å²) in [5, 5.41) is 5.78. The molecule has 0 bridgehead atoms. The fraction of sp³-hybridized carbons (Fsp3) is 0.250. The van der Waals surface area contributed by atoms with E-state index in [-0.39, 0.29) is 11.7 Å². The number of nitrogens with zero attached hydrogens (tertiary/aromatic N) is 2. The van der Waals surface area contributed by atoms with Gasteiger partial charge in [0.15, 0.2) is 0 Å². The molecule has 0 aliphatic rings. The summed E-state index contributed by atoms with van der Waals surface area (Å²) in [5.41, 5.74) is 2.47. The summed E-state index contributed by atoms with van der Waals surface area (Å²) in [6.45, 7) is 0.546. The number of amides is 1. The van der Waals surface area contributed by atoms with E-state index < -0.39 is 0 Å². The van der Waals surface area contributed by atoms with Gasteiger partial charge in [-0.05, 0) is 36.6 Å². The first kappa shape index (κ1) is 18.2. The quantitative estimate of drug-likeness (QED) is 0.652. The summed E-state index contributed by atoms with van der Waals surface area (Å²) in [6.07, 6.45) is 4.03. The van der Waals surface area contributed by atoms with Gasteiger partial charge in [0.05, 0.1) is 11.4 Å². The molecule has 2 aromatic heterocycles. The molecule has 134 valence electrons. The predicted octanol–water partition coefficient (Wildman–Crippen LogP) is 4.03. The van der Waals surface area contributed by atoms with E-state index in [1.54, 1.807) is 29.7 Å². The third kappa shape index (κ3) is 5.20. The van der Waals surface area contributed by atoms with Gasteiger partial charge in [-0.2, -0.15) is 0 Å². The molecule has 1 N–H and O–H groups in total. The second-order valence-electron chi connectivity index (χ2n) is 5.90. The van der Waals surface area contributed by atoms with Crippen LogP contribution < -0.4 is 5.32 Å². The first-order valence-corrected chi connectivity index (χ1v) is 9.46. The first-order chi connectivity index (χ1) is 12.7. The minimum Gasteiger partial charge on any atom is -0.356 e. The monoisotopic (exact) mass is 369 g/mol. The van der Waals surface area contributed by atoms with Gasteiger partial charge < -0.3 is 5.32 Å². The molecule has 1 amide bonds. The van der Waals surface area contributed by atoms with Crippen LogP contribution in [0.1, 0.15) is 24.1 Å². The standard InChI is InChI=1S/C20H20FN3OS/c21-17-8-2-1-6-15(17)7-5-10-19(25)23-13-11-16-14-26-20(24-16)18-9-3-4-12-22-18/h1-4,6,8-9,12,14H,5,7,10-11,13H2,(H,23,25). The molecule has 0 saturated carbocycles. The SMILES string of the molecule is O=C(CCCc1ccccc1F)NCCc1csc(-c2ccccn2)n1. The Labute approximate surface area is 156 Å². The van der Waals surface area contributed by atoms with Gasteiger partial charge in [0.1, 0.15) is 10.8 Å². The molecule has 3 aromatic rings. The number of rotatable bonds is 8. The van der Waals surface area contributed by atoms with Crippen molar-refractivity contribution in [3.63, 3.8) is 0 Å². The Kier molecular flexibility index (Phi) is 6.44. The van der Waals surface area contributed by atoms with Crippen LogP contribution in [0.5, 0.6) is 0 Å². The van der Waals surface area contributed by atoms with Crippen molar-refractivity contribution < 1.29 is 9.18 Å². The van der Waals surface area contributed by atoms with Crippen LogP contribution >= 0.6 is 11.3 Å². The Hall–Kier alpha value is -2.60. The average Bonchev–Trinajstić information content (AvgIpc) is 3.13. The molecule has 0 aliphatic carbocycles. The normalized spacial score (nSPS) is 10.7. The zero-order chi connectivity index (χ0) is 18.2. The lowest BCUT2D eigenvalue weighted by Crippen LogP contribution is -2.25. The van der Waals surface area contributed by atoms with Gasteiger partial charge in [-0.3, -0.25) is 9.78 Å². The van der Waals surface area contributed by atoms with Crippen molar-refractivity contribution in [2.45, 2.75) is 25.7 Å². The number of aryl methyl sites for hydroxylation is 1. The highest BCUT2D eigenvalue weighted by molar-refractivity contribution is 7.13. The molecule has 0 aliphatic heterocycles. The maximum atomic E-state index is 13.5. The predicted molar refractivity (Wildman–Crippen MR) is 101 cm³/mol. The smallest absolute Gasteiger partial charge is 0.220 e. The van der Waals surface area contributed by atoms with Crippen molar-refractivity contribution >= 4 is 17.2 Å². The van der Waals surface area contributed by atoms with Crippen LogP contribution in [0.25, 0.3) is 10.7 Å². The second kappa shape index (κ2) is 9.20. The van der Waals surface area contributed by atoms with E-state index in [1.807, 2.05) is 29.6 Å². The van der Waals surface area contributed by atoms with Crippen LogP contribution in [0.2, 0.25) is 0 Å². The Morgan fingerprint density at radius 2 is 1.96 bits per heavy atom. The molecule has 1 aromatic carbocycles. The molecule has 2 heterocycles. The van der Waals surface area contributed by atoms with Crippen molar-refractivity contribution in [3.8, 4) is 10.7 Å². The van der Waals surface area contributed by atoms with Gasteiger partial charge in [0, 0.05) is 31.0 Å². The van der Waals surface area contributed by atoms with Gasteiger partial charge in [0.2, 0.25) is 5.91 Å². The van der Waals surface area contributed by atoms with Crippen LogP contribution in [0.15, 0.2) is 54.0 Å². The number of carbonyl (C=O) groups is 1. The summed E-state index contributed by atoms with van der Waals surface area (Å²) in [7, 11) is 0. The van der Waals surface area contributed by atoms with E-state index in [2.05, 4.69) is 15.3 Å². The molecule has 4 nitrogen and oxygen atoms in total. The largest absolute Gasteiger partial charge is 0.356 e. The number of nitrogens with one attached hydrogen (secondary N) is 1. The number of benzene rings is 1. The molecule has 26 heavy (non-hydrogen) atoms. The topological polar surface area (TPSA) is 54.9 Å². The molecule has 0 fully saturated rings. The highest BCUT2D eigenvalue weighted by Crippen LogP contribution is 2.21. The third-order valence-electron chi connectivity index (χ3n) is 3.95. The Balaban J connectivity index is 1.38.